The fraction of sp³-hybridized carbons (Fsp3) is 0.217. The molecule has 0 bridgehead atoms. The number of hydrogen-bond donors (Lipinski definition) is 1. The number of carbonyl (C=O) groups is 1. The van der Waals surface area contributed by atoms with Crippen LogP contribution in [0.4, 0.5) is 5.69 Å². The number of nitrogens with zero attached hydrogens (tertiary/aromatic N) is 1. The molecule has 0 saturated heterocycles. The van der Waals surface area contributed by atoms with Crippen molar-refractivity contribution in [2.24, 2.45) is 5.41 Å². The van der Waals surface area contributed by atoms with Gasteiger partial charge in [0.25, 0.3) is 0 Å². The Balaban J connectivity index is 1.97. The molecule has 0 aliphatic carbocycles. The molecule has 3 heteroatoms. The van der Waals surface area contributed by atoms with E-state index in [1.54, 1.807) is 6.20 Å². The Hall–Kier alpha value is -2.94. The smallest absolute Gasteiger partial charge is 0.229 e. The van der Waals surface area contributed by atoms with E-state index in [0.717, 1.165) is 27.7 Å². The minimum Gasteiger partial charge on any atom is -0.324 e. The number of anilines is 1. The average Bonchev–Trinajstić information content (AvgIpc) is 2.61. The van der Waals surface area contributed by atoms with Crippen LogP contribution in [-0.2, 0) is 4.79 Å². The Morgan fingerprint density at radius 3 is 2.42 bits per heavy atom. The Morgan fingerprint density at radius 1 is 1.00 bits per heavy atom. The molecule has 3 aromatic rings. The zero-order valence-corrected chi connectivity index (χ0v) is 15.7. The lowest BCUT2D eigenvalue weighted by Gasteiger charge is -2.18. The number of hydrogen-bond acceptors (Lipinski definition) is 2. The maximum Gasteiger partial charge on any atom is 0.229 e. The number of pyridine rings is 1. The molecule has 0 spiro atoms. The summed E-state index contributed by atoms with van der Waals surface area (Å²) >= 11 is 0. The van der Waals surface area contributed by atoms with Crippen LogP contribution < -0.4 is 5.32 Å². The number of carbonyl (C=O) groups excluding carboxylic acids is 1. The van der Waals surface area contributed by atoms with Gasteiger partial charge in [-0.25, -0.2) is 0 Å². The van der Waals surface area contributed by atoms with E-state index in [-0.39, 0.29) is 5.91 Å². The number of amides is 1. The highest BCUT2D eigenvalue weighted by molar-refractivity contribution is 6.04. The lowest BCUT2D eigenvalue weighted by atomic mass is 9.95. The third-order valence-electron chi connectivity index (χ3n) is 4.27. The predicted molar refractivity (Wildman–Crippen MR) is 110 cm³/mol. The molecule has 0 radical (unpaired) electrons. The summed E-state index contributed by atoms with van der Waals surface area (Å²) in [6.07, 6.45) is 5.93. The van der Waals surface area contributed by atoms with Crippen molar-refractivity contribution >= 4 is 34.6 Å². The minimum atomic E-state index is -0.453. The van der Waals surface area contributed by atoms with Gasteiger partial charge in [-0.3, -0.25) is 9.78 Å². The van der Waals surface area contributed by atoms with Gasteiger partial charge in [-0.2, -0.15) is 0 Å². The topological polar surface area (TPSA) is 42.0 Å². The first-order valence-corrected chi connectivity index (χ1v) is 8.78. The van der Waals surface area contributed by atoms with Crippen molar-refractivity contribution in [3.63, 3.8) is 0 Å². The van der Waals surface area contributed by atoms with Gasteiger partial charge < -0.3 is 5.32 Å². The predicted octanol–water partition coefficient (Wildman–Crippen LogP) is 5.70. The van der Waals surface area contributed by atoms with E-state index in [1.165, 1.54) is 5.56 Å². The molecule has 0 saturated carbocycles. The van der Waals surface area contributed by atoms with E-state index in [4.69, 9.17) is 0 Å². The third-order valence-corrected chi connectivity index (χ3v) is 4.27. The van der Waals surface area contributed by atoms with Crippen molar-refractivity contribution in [3.8, 4) is 0 Å². The minimum absolute atomic E-state index is 0.0209. The summed E-state index contributed by atoms with van der Waals surface area (Å²) in [6.45, 7) is 7.78. The molecule has 1 heterocycles. The van der Waals surface area contributed by atoms with E-state index in [9.17, 15) is 4.79 Å². The summed E-state index contributed by atoms with van der Waals surface area (Å²) in [5.74, 6) is -0.0209. The maximum absolute atomic E-state index is 12.3. The Morgan fingerprint density at radius 2 is 1.73 bits per heavy atom. The largest absolute Gasteiger partial charge is 0.324 e. The summed E-state index contributed by atoms with van der Waals surface area (Å²) < 4.78 is 0. The Bertz CT molecular complexity index is 964. The molecular weight excluding hydrogens is 320 g/mol. The van der Waals surface area contributed by atoms with Crippen LogP contribution in [0.15, 0.2) is 54.7 Å². The summed E-state index contributed by atoms with van der Waals surface area (Å²) in [4.78, 5) is 16.8. The molecule has 26 heavy (non-hydrogen) atoms. The summed E-state index contributed by atoms with van der Waals surface area (Å²) in [7, 11) is 0. The second kappa shape index (κ2) is 7.12. The number of rotatable bonds is 3. The molecule has 1 N–H and O–H groups in total. The van der Waals surface area contributed by atoms with Crippen molar-refractivity contribution in [1.29, 1.82) is 0 Å². The first-order chi connectivity index (χ1) is 12.3. The lowest BCUT2D eigenvalue weighted by Crippen LogP contribution is -2.27. The van der Waals surface area contributed by atoms with Crippen molar-refractivity contribution < 1.29 is 4.79 Å². The van der Waals surface area contributed by atoms with Crippen molar-refractivity contribution in [2.45, 2.75) is 27.7 Å². The Labute approximate surface area is 154 Å². The average molecular weight is 344 g/mol. The fourth-order valence-electron chi connectivity index (χ4n) is 2.61. The van der Waals surface area contributed by atoms with Crippen LogP contribution in [0.5, 0.6) is 0 Å². The molecule has 3 rings (SSSR count). The molecule has 2 aromatic carbocycles. The highest BCUT2D eigenvalue weighted by Crippen LogP contribution is 2.28. The summed E-state index contributed by atoms with van der Waals surface area (Å²) in [6, 6.07) is 16.3. The maximum atomic E-state index is 12.3. The van der Waals surface area contributed by atoms with Gasteiger partial charge in [-0.05, 0) is 30.2 Å². The van der Waals surface area contributed by atoms with Crippen LogP contribution in [0, 0.1) is 12.3 Å². The number of nitrogens with one attached hydrogen (secondary N) is 1. The Kier molecular flexibility index (Phi) is 4.90. The quantitative estimate of drug-likeness (QED) is 0.619. The third kappa shape index (κ3) is 3.99. The molecule has 0 fully saturated rings. The van der Waals surface area contributed by atoms with Gasteiger partial charge in [0.15, 0.2) is 0 Å². The van der Waals surface area contributed by atoms with Crippen LogP contribution in [0.25, 0.3) is 23.1 Å². The molecule has 1 aromatic heterocycles. The van der Waals surface area contributed by atoms with Gasteiger partial charge in [0.1, 0.15) is 0 Å². The van der Waals surface area contributed by atoms with Crippen molar-refractivity contribution in [3.05, 3.63) is 71.4 Å². The number of fused-ring (bicyclic) bond motifs is 1. The van der Waals surface area contributed by atoms with Gasteiger partial charge in [-0.1, -0.05) is 74.9 Å². The second-order valence-corrected chi connectivity index (χ2v) is 7.55. The van der Waals surface area contributed by atoms with Gasteiger partial charge in [0.05, 0.1) is 11.2 Å². The monoisotopic (exact) mass is 344 g/mol. The number of aryl methyl sites for hydroxylation is 1. The van der Waals surface area contributed by atoms with Crippen LogP contribution >= 0.6 is 0 Å². The molecule has 0 atom stereocenters. The molecule has 0 aliphatic rings. The SMILES string of the molecule is Cc1ccc(C=Cc2ccc(NC(=O)C(C)(C)C)c3ncccc23)cc1. The number of benzene rings is 2. The van der Waals surface area contributed by atoms with Gasteiger partial charge >= 0.3 is 0 Å². The van der Waals surface area contributed by atoms with Crippen LogP contribution in [0.3, 0.4) is 0 Å². The molecular formula is C23H24N2O. The molecule has 0 unspecified atom stereocenters. The van der Waals surface area contributed by atoms with E-state index in [2.05, 4.69) is 53.6 Å². The molecule has 132 valence electrons. The van der Waals surface area contributed by atoms with Crippen molar-refractivity contribution in [1.82, 2.24) is 4.98 Å². The highest BCUT2D eigenvalue weighted by Gasteiger charge is 2.22. The molecule has 3 nitrogen and oxygen atoms in total. The van der Waals surface area contributed by atoms with E-state index < -0.39 is 5.41 Å². The van der Waals surface area contributed by atoms with Crippen molar-refractivity contribution in [2.75, 3.05) is 5.32 Å². The summed E-state index contributed by atoms with van der Waals surface area (Å²) in [5.41, 5.74) is 4.56. The fourth-order valence-corrected chi connectivity index (χ4v) is 2.61. The first-order valence-electron chi connectivity index (χ1n) is 8.78. The van der Waals surface area contributed by atoms with Crippen LogP contribution in [0.2, 0.25) is 0 Å². The normalized spacial score (nSPS) is 11.8. The van der Waals surface area contributed by atoms with Crippen LogP contribution in [0.1, 0.15) is 37.5 Å². The first kappa shape index (κ1) is 17.9. The van der Waals surface area contributed by atoms with Gasteiger partial charge in [-0.15, -0.1) is 0 Å². The van der Waals surface area contributed by atoms with Crippen LogP contribution in [-0.4, -0.2) is 10.9 Å². The van der Waals surface area contributed by atoms with Gasteiger partial charge in [0, 0.05) is 17.0 Å². The van der Waals surface area contributed by atoms with E-state index in [0.29, 0.717) is 0 Å². The summed E-state index contributed by atoms with van der Waals surface area (Å²) in [5, 5.41) is 4.02. The zero-order valence-electron chi connectivity index (χ0n) is 15.7. The second-order valence-electron chi connectivity index (χ2n) is 7.55. The molecule has 1 amide bonds. The highest BCUT2D eigenvalue weighted by atomic mass is 16.2. The molecule has 0 aliphatic heterocycles. The zero-order chi connectivity index (χ0) is 18.7. The standard InChI is InChI=1S/C23H24N2O/c1-16-7-9-17(10-8-16)11-12-18-13-14-20(25-22(26)23(2,3)4)21-19(18)6-5-15-24-21/h5-15H,1-4H3,(H,25,26). The number of aromatic nitrogens is 1. The van der Waals surface area contributed by atoms with Gasteiger partial charge in [0.2, 0.25) is 5.91 Å². The van der Waals surface area contributed by atoms with E-state index in [1.807, 2.05) is 45.0 Å². The lowest BCUT2D eigenvalue weighted by molar-refractivity contribution is -0.123. The van der Waals surface area contributed by atoms with E-state index >= 15 is 0 Å².